The second-order valence-electron chi connectivity index (χ2n) is 9.04. The number of amides is 1. The number of nitrogens with zero attached hydrogens (tertiary/aromatic N) is 5. The number of hydrogen-bond donors (Lipinski definition) is 3. The van der Waals surface area contributed by atoms with Gasteiger partial charge in [0.05, 0.1) is 6.20 Å². The van der Waals surface area contributed by atoms with Gasteiger partial charge in [-0.3, -0.25) is 4.79 Å². The van der Waals surface area contributed by atoms with E-state index in [4.69, 9.17) is 15.1 Å². The second-order valence-corrected chi connectivity index (χ2v) is 9.04. The lowest BCUT2D eigenvalue weighted by molar-refractivity contribution is -0.121. The van der Waals surface area contributed by atoms with Crippen molar-refractivity contribution in [2.45, 2.75) is 38.8 Å². The first-order valence-electron chi connectivity index (χ1n) is 11.8. The number of nitrogens with one attached hydrogen (secondary N) is 2. The van der Waals surface area contributed by atoms with Crippen molar-refractivity contribution >= 4 is 17.5 Å². The summed E-state index contributed by atoms with van der Waals surface area (Å²) in [4.78, 5) is 23.2. The molecule has 2 aliphatic rings. The van der Waals surface area contributed by atoms with E-state index in [0.717, 1.165) is 43.9 Å². The zero-order valence-corrected chi connectivity index (χ0v) is 19.5. The van der Waals surface area contributed by atoms with E-state index >= 15 is 0 Å². The molecule has 3 unspecified atom stereocenters. The fourth-order valence-corrected chi connectivity index (χ4v) is 5.04. The predicted molar refractivity (Wildman–Crippen MR) is 141 cm³/mol. The van der Waals surface area contributed by atoms with Crippen molar-refractivity contribution in [2.75, 3.05) is 30.8 Å². The number of benzene rings is 1. The highest BCUT2D eigenvalue weighted by molar-refractivity contribution is 5.76. The summed E-state index contributed by atoms with van der Waals surface area (Å²) in [6, 6.07) is 8.16. The van der Waals surface area contributed by atoms with E-state index in [2.05, 4.69) is 30.7 Å². The maximum Gasteiger partial charge on any atom is 0.270 e. The topological polar surface area (TPSA) is 135 Å². The molecular formula is C24H42N8O2. The number of fused-ring (bicyclic) bond motifs is 1. The number of carbonyl (C=O) groups excluding carboxylic acids is 1. The highest BCUT2D eigenvalue weighted by Crippen LogP contribution is 2.40. The van der Waals surface area contributed by atoms with Gasteiger partial charge in [0.1, 0.15) is 5.82 Å². The van der Waals surface area contributed by atoms with Crippen LogP contribution in [0.5, 0.6) is 0 Å². The fourth-order valence-electron chi connectivity index (χ4n) is 5.04. The van der Waals surface area contributed by atoms with Crippen LogP contribution in [0.25, 0.3) is 23.0 Å². The van der Waals surface area contributed by atoms with Crippen LogP contribution in [-0.4, -0.2) is 52.3 Å². The number of rotatable bonds is 7. The molecule has 2 fully saturated rings. The van der Waals surface area contributed by atoms with Gasteiger partial charge >= 0.3 is 0 Å². The van der Waals surface area contributed by atoms with E-state index in [1.165, 1.54) is 5.56 Å². The van der Waals surface area contributed by atoms with Crippen LogP contribution in [0.3, 0.4) is 0 Å². The zero-order valence-electron chi connectivity index (χ0n) is 19.5. The Labute approximate surface area is 207 Å². The Bertz CT molecular complexity index is 1190. The van der Waals surface area contributed by atoms with Gasteiger partial charge in [0.15, 0.2) is 11.5 Å². The number of nitrogens with two attached hydrogens (primary N) is 1. The number of hydrogen-bond acceptors (Lipinski definition) is 9. The highest BCUT2D eigenvalue weighted by Gasteiger charge is 2.43. The molecule has 1 aromatic carbocycles. The Morgan fingerprint density at radius 3 is 2.76 bits per heavy atom. The van der Waals surface area contributed by atoms with Crippen LogP contribution in [0.15, 0.2) is 34.9 Å². The molecule has 190 valence electrons. The van der Waals surface area contributed by atoms with Crippen LogP contribution in [0.4, 0.5) is 11.6 Å². The van der Waals surface area contributed by atoms with Crippen molar-refractivity contribution < 1.29 is 17.8 Å². The Kier molecular flexibility index (Phi) is 6.14. The number of aromatic nitrogens is 4. The molecule has 34 heavy (non-hydrogen) atoms. The van der Waals surface area contributed by atoms with Gasteiger partial charge in [0, 0.05) is 52.1 Å². The number of anilines is 2. The van der Waals surface area contributed by atoms with E-state index in [1.54, 1.807) is 6.20 Å². The minimum absolute atomic E-state index is 0. The monoisotopic (exact) mass is 474 g/mol. The quantitative estimate of drug-likeness (QED) is 0.468. The third-order valence-corrected chi connectivity index (χ3v) is 6.85. The van der Waals surface area contributed by atoms with E-state index in [1.807, 2.05) is 38.2 Å². The summed E-state index contributed by atoms with van der Waals surface area (Å²) in [6.07, 6.45) is 4.34. The third-order valence-electron chi connectivity index (χ3n) is 6.85. The molecule has 0 spiro atoms. The molecule has 2 aromatic heterocycles. The van der Waals surface area contributed by atoms with Crippen LogP contribution in [0.2, 0.25) is 0 Å². The van der Waals surface area contributed by atoms with Crippen LogP contribution >= 0.6 is 0 Å². The SMILES string of the molecule is CCC(=O)NC1CCC2CN(c3cnc(N)c(-c4nnc(-c5ccc(CNC)cc5)o4)n3)CC21.[HH].[HH].[HH].[HH].[HH].[HH]. The molecule has 3 heterocycles. The lowest BCUT2D eigenvalue weighted by Crippen LogP contribution is -2.39. The number of carbonyl (C=O) groups is 1. The summed E-state index contributed by atoms with van der Waals surface area (Å²) in [7, 11) is 1.91. The van der Waals surface area contributed by atoms with E-state index in [-0.39, 0.29) is 32.2 Å². The molecule has 4 N–H and O–H groups in total. The third kappa shape index (κ3) is 4.33. The molecule has 3 aromatic rings. The average molecular weight is 475 g/mol. The van der Waals surface area contributed by atoms with E-state index in [0.29, 0.717) is 29.8 Å². The van der Waals surface area contributed by atoms with Crippen molar-refractivity contribution in [2.24, 2.45) is 11.8 Å². The van der Waals surface area contributed by atoms with Gasteiger partial charge < -0.3 is 25.7 Å². The summed E-state index contributed by atoms with van der Waals surface area (Å²) in [5.74, 6) is 2.69. The Balaban J connectivity index is 0. The van der Waals surface area contributed by atoms with Crippen LogP contribution in [-0.2, 0) is 11.3 Å². The fraction of sp³-hybridized carbons (Fsp3) is 0.458. The first-order chi connectivity index (χ1) is 16.6. The summed E-state index contributed by atoms with van der Waals surface area (Å²) in [5, 5.41) is 14.7. The number of nitrogen functional groups attached to an aromatic ring is 1. The molecule has 1 aliphatic heterocycles. The first-order valence-corrected chi connectivity index (χ1v) is 11.8. The molecule has 0 bridgehead atoms. The lowest BCUT2D eigenvalue weighted by atomic mass is 9.98. The summed E-state index contributed by atoms with van der Waals surface area (Å²) < 4.78 is 5.92. The van der Waals surface area contributed by atoms with Gasteiger partial charge in [-0.15, -0.1) is 10.2 Å². The first kappa shape index (κ1) is 22.3. The van der Waals surface area contributed by atoms with Crippen molar-refractivity contribution in [3.63, 3.8) is 0 Å². The van der Waals surface area contributed by atoms with Gasteiger partial charge in [-0.05, 0) is 43.5 Å². The van der Waals surface area contributed by atoms with Crippen LogP contribution < -0.4 is 21.3 Å². The zero-order chi connectivity index (χ0) is 23.7. The molecule has 1 amide bonds. The summed E-state index contributed by atoms with van der Waals surface area (Å²) in [6.45, 7) is 4.38. The molecule has 1 saturated heterocycles. The minimum Gasteiger partial charge on any atom is -0.414 e. The van der Waals surface area contributed by atoms with Crippen LogP contribution in [0, 0.1) is 11.8 Å². The van der Waals surface area contributed by atoms with Gasteiger partial charge in [-0.25, -0.2) is 9.97 Å². The maximum atomic E-state index is 11.9. The van der Waals surface area contributed by atoms with Crippen molar-refractivity contribution in [1.29, 1.82) is 0 Å². The standard InChI is InChI=1S/C24H30N8O2.6H2/c1-3-20(33)28-18-9-8-16-12-32(13-17(16)18)19-11-27-22(25)21(29-19)24-31-30-23(34-24)15-6-4-14(5-7-15)10-26-2;;;;;;/h4-7,11,16-18,26H,3,8-10,12-13H2,1-2H3,(H2,25,27)(H,28,33);6*1H. The van der Waals surface area contributed by atoms with Gasteiger partial charge in [-0.1, -0.05) is 19.1 Å². The van der Waals surface area contributed by atoms with Gasteiger partial charge in [0.2, 0.25) is 11.8 Å². The average Bonchev–Trinajstić information content (AvgIpc) is 3.58. The molecule has 10 nitrogen and oxygen atoms in total. The van der Waals surface area contributed by atoms with Crippen LogP contribution in [0.1, 0.15) is 40.3 Å². The largest absolute Gasteiger partial charge is 0.414 e. The van der Waals surface area contributed by atoms with Crippen molar-refractivity contribution in [3.05, 3.63) is 36.0 Å². The molecule has 3 atom stereocenters. The van der Waals surface area contributed by atoms with E-state index < -0.39 is 0 Å². The van der Waals surface area contributed by atoms with Gasteiger partial charge in [-0.2, -0.15) is 0 Å². The molecule has 5 rings (SSSR count). The molecule has 1 saturated carbocycles. The van der Waals surface area contributed by atoms with Crippen molar-refractivity contribution in [1.82, 2.24) is 30.8 Å². The normalized spacial score (nSPS) is 21.6. The molecule has 10 heteroatoms. The molecule has 0 radical (unpaired) electrons. The van der Waals surface area contributed by atoms with Gasteiger partial charge in [0.25, 0.3) is 5.89 Å². The Morgan fingerprint density at radius 1 is 1.21 bits per heavy atom. The smallest absolute Gasteiger partial charge is 0.270 e. The second kappa shape index (κ2) is 9.38. The predicted octanol–water partition coefficient (Wildman–Crippen LogP) is 3.71. The minimum atomic E-state index is 0. The highest BCUT2D eigenvalue weighted by atomic mass is 16.4. The lowest BCUT2D eigenvalue weighted by Gasteiger charge is -2.22. The van der Waals surface area contributed by atoms with E-state index in [9.17, 15) is 4.79 Å². The Morgan fingerprint density at radius 2 is 2.00 bits per heavy atom. The maximum absolute atomic E-state index is 11.9. The summed E-state index contributed by atoms with van der Waals surface area (Å²) in [5.41, 5.74) is 8.51. The molecular weight excluding hydrogens is 432 g/mol. The summed E-state index contributed by atoms with van der Waals surface area (Å²) >= 11 is 0. The Hall–Kier alpha value is -3.53. The molecule has 1 aliphatic carbocycles. The van der Waals surface area contributed by atoms with Crippen molar-refractivity contribution in [3.8, 4) is 23.0 Å².